The van der Waals surface area contributed by atoms with Gasteiger partial charge in [0.2, 0.25) is 11.8 Å². The van der Waals surface area contributed by atoms with Gasteiger partial charge in [-0.3, -0.25) is 4.79 Å². The van der Waals surface area contributed by atoms with E-state index >= 15 is 0 Å². The fraction of sp³-hybridized carbons (Fsp3) is 0.211. The van der Waals surface area contributed by atoms with Crippen molar-refractivity contribution in [3.05, 3.63) is 64.7 Å². The van der Waals surface area contributed by atoms with Crippen molar-refractivity contribution in [2.45, 2.75) is 17.9 Å². The van der Waals surface area contributed by atoms with Crippen LogP contribution in [-0.4, -0.2) is 33.8 Å². The molecule has 29 heavy (non-hydrogen) atoms. The number of benzene rings is 2. The highest BCUT2D eigenvalue weighted by molar-refractivity contribution is 7.99. The number of carbonyl (C=O) groups is 1. The Hall–Kier alpha value is -2.52. The van der Waals surface area contributed by atoms with Crippen molar-refractivity contribution >= 4 is 29.3 Å². The zero-order valence-electron chi connectivity index (χ0n) is 15.1. The van der Waals surface area contributed by atoms with Crippen molar-refractivity contribution in [2.24, 2.45) is 0 Å². The number of amides is 1. The zero-order valence-corrected chi connectivity index (χ0v) is 16.7. The van der Waals surface area contributed by atoms with E-state index in [1.54, 1.807) is 24.3 Å². The fourth-order valence-corrected chi connectivity index (χ4v) is 3.32. The van der Waals surface area contributed by atoms with E-state index in [1.165, 1.54) is 30.1 Å². The van der Waals surface area contributed by atoms with E-state index in [9.17, 15) is 18.0 Å². The molecular weight excluding hydrogens is 427 g/mol. The molecule has 0 saturated heterocycles. The number of nitrogens with zero attached hydrogens (tertiary/aromatic N) is 3. The number of hydrogen-bond donors (Lipinski definition) is 0. The molecule has 0 unspecified atom stereocenters. The molecule has 1 aromatic heterocycles. The Kier molecular flexibility index (Phi) is 6.49. The first-order valence-corrected chi connectivity index (χ1v) is 9.71. The molecular formula is C19H15ClF3N3O2S. The predicted octanol–water partition coefficient (Wildman–Crippen LogP) is 5.16. The van der Waals surface area contributed by atoms with Crippen molar-refractivity contribution in [3.8, 4) is 11.5 Å². The minimum atomic E-state index is -4.48. The van der Waals surface area contributed by atoms with Gasteiger partial charge in [0.1, 0.15) is 0 Å². The lowest BCUT2D eigenvalue weighted by atomic mass is 10.1. The first-order chi connectivity index (χ1) is 13.7. The standard InChI is InChI=1S/C19H15ClF3N3O2S/c1-26(10-13-4-2-3-5-15(13)19(21,22)23)16(27)11-29-18-25-24-17(28-18)12-6-8-14(20)9-7-12/h2-9H,10-11H2,1H3. The number of thioether (sulfide) groups is 1. The highest BCUT2D eigenvalue weighted by Gasteiger charge is 2.33. The minimum Gasteiger partial charge on any atom is -0.411 e. The topological polar surface area (TPSA) is 59.2 Å². The Morgan fingerprint density at radius 1 is 1.14 bits per heavy atom. The number of carbonyl (C=O) groups excluding carboxylic acids is 1. The van der Waals surface area contributed by atoms with Gasteiger partial charge >= 0.3 is 6.18 Å². The van der Waals surface area contributed by atoms with E-state index in [4.69, 9.17) is 16.0 Å². The van der Waals surface area contributed by atoms with Crippen LogP contribution in [0.15, 0.2) is 58.2 Å². The van der Waals surface area contributed by atoms with E-state index < -0.39 is 11.7 Å². The molecule has 3 aromatic rings. The predicted molar refractivity (Wildman–Crippen MR) is 103 cm³/mol. The summed E-state index contributed by atoms with van der Waals surface area (Å²) in [6, 6.07) is 12.0. The van der Waals surface area contributed by atoms with Crippen LogP contribution in [0.3, 0.4) is 0 Å². The second-order valence-corrected chi connectivity index (χ2v) is 7.44. The first kappa shape index (κ1) is 21.2. The first-order valence-electron chi connectivity index (χ1n) is 8.35. The van der Waals surface area contributed by atoms with Gasteiger partial charge in [-0.15, -0.1) is 10.2 Å². The van der Waals surface area contributed by atoms with Crippen molar-refractivity contribution in [3.63, 3.8) is 0 Å². The Morgan fingerprint density at radius 2 is 1.83 bits per heavy atom. The van der Waals surface area contributed by atoms with Crippen LogP contribution in [0.4, 0.5) is 13.2 Å². The number of alkyl halides is 3. The zero-order chi connectivity index (χ0) is 21.0. The SMILES string of the molecule is CN(Cc1ccccc1C(F)(F)F)C(=O)CSc1nnc(-c2ccc(Cl)cc2)o1. The Bertz CT molecular complexity index is 993. The summed E-state index contributed by atoms with van der Waals surface area (Å²) in [6.45, 7) is -0.158. The lowest BCUT2D eigenvalue weighted by molar-refractivity contribution is -0.139. The molecule has 3 rings (SSSR count). The van der Waals surface area contributed by atoms with Crippen LogP contribution in [0.25, 0.3) is 11.5 Å². The third-order valence-corrected chi connectivity index (χ3v) is 5.03. The summed E-state index contributed by atoms with van der Waals surface area (Å²) >= 11 is 6.85. The third kappa shape index (κ3) is 5.51. The summed E-state index contributed by atoms with van der Waals surface area (Å²) in [6.07, 6.45) is -4.48. The van der Waals surface area contributed by atoms with Crippen LogP contribution in [0.1, 0.15) is 11.1 Å². The highest BCUT2D eigenvalue weighted by Crippen LogP contribution is 2.32. The number of aromatic nitrogens is 2. The maximum Gasteiger partial charge on any atom is 0.416 e. The smallest absolute Gasteiger partial charge is 0.411 e. The Morgan fingerprint density at radius 3 is 2.52 bits per heavy atom. The molecule has 0 spiro atoms. The van der Waals surface area contributed by atoms with E-state index in [0.29, 0.717) is 10.6 Å². The van der Waals surface area contributed by atoms with Gasteiger partial charge in [-0.1, -0.05) is 41.6 Å². The van der Waals surface area contributed by atoms with Gasteiger partial charge in [-0.2, -0.15) is 13.2 Å². The van der Waals surface area contributed by atoms with Gasteiger partial charge in [0.15, 0.2) is 0 Å². The molecule has 2 aromatic carbocycles. The van der Waals surface area contributed by atoms with Gasteiger partial charge in [0.05, 0.1) is 11.3 Å². The molecule has 0 fully saturated rings. The third-order valence-electron chi connectivity index (χ3n) is 3.97. The van der Waals surface area contributed by atoms with Gasteiger partial charge < -0.3 is 9.32 Å². The molecule has 0 saturated carbocycles. The van der Waals surface area contributed by atoms with E-state index in [1.807, 2.05) is 0 Å². The Balaban J connectivity index is 1.59. The van der Waals surface area contributed by atoms with Crippen molar-refractivity contribution < 1.29 is 22.4 Å². The molecule has 5 nitrogen and oxygen atoms in total. The second-order valence-electron chi connectivity index (χ2n) is 6.07. The summed E-state index contributed by atoms with van der Waals surface area (Å²) in [7, 11) is 1.45. The normalized spacial score (nSPS) is 11.5. The van der Waals surface area contributed by atoms with Crippen LogP contribution < -0.4 is 0 Å². The highest BCUT2D eigenvalue weighted by atomic mass is 35.5. The lowest BCUT2D eigenvalue weighted by Gasteiger charge is -2.19. The molecule has 10 heteroatoms. The molecule has 0 aliphatic carbocycles. The summed E-state index contributed by atoms with van der Waals surface area (Å²) in [5.74, 6) is -0.130. The average Bonchev–Trinajstić information content (AvgIpc) is 3.15. The molecule has 0 aliphatic rings. The average molecular weight is 442 g/mol. The summed E-state index contributed by atoms with van der Waals surface area (Å²) in [5, 5.41) is 8.55. The summed E-state index contributed by atoms with van der Waals surface area (Å²) in [5.41, 5.74) is -0.0403. The number of halogens is 4. The number of hydrogen-bond acceptors (Lipinski definition) is 5. The van der Waals surface area contributed by atoms with Crippen LogP contribution in [0, 0.1) is 0 Å². The molecule has 0 radical (unpaired) electrons. The van der Waals surface area contributed by atoms with Crippen molar-refractivity contribution in [1.82, 2.24) is 15.1 Å². The van der Waals surface area contributed by atoms with Gasteiger partial charge in [-0.05, 0) is 35.9 Å². The maximum atomic E-state index is 13.1. The molecule has 0 aliphatic heterocycles. The Labute approximate surface area is 173 Å². The van der Waals surface area contributed by atoms with E-state index in [-0.39, 0.29) is 34.9 Å². The lowest BCUT2D eigenvalue weighted by Crippen LogP contribution is -2.28. The molecule has 152 valence electrons. The summed E-state index contributed by atoms with van der Waals surface area (Å²) < 4.78 is 44.8. The quantitative estimate of drug-likeness (QED) is 0.494. The molecule has 1 heterocycles. The molecule has 0 N–H and O–H groups in total. The molecule has 1 amide bonds. The monoisotopic (exact) mass is 441 g/mol. The van der Waals surface area contributed by atoms with E-state index in [0.717, 1.165) is 17.8 Å². The summed E-state index contributed by atoms with van der Waals surface area (Å²) in [4.78, 5) is 13.5. The van der Waals surface area contributed by atoms with Crippen LogP contribution in [0.5, 0.6) is 0 Å². The van der Waals surface area contributed by atoms with Gasteiger partial charge in [0.25, 0.3) is 5.22 Å². The van der Waals surface area contributed by atoms with Crippen LogP contribution >= 0.6 is 23.4 Å². The van der Waals surface area contributed by atoms with Crippen molar-refractivity contribution in [2.75, 3.05) is 12.8 Å². The minimum absolute atomic E-state index is 0.0312. The van der Waals surface area contributed by atoms with Gasteiger partial charge in [-0.25, -0.2) is 0 Å². The largest absolute Gasteiger partial charge is 0.416 e. The van der Waals surface area contributed by atoms with Gasteiger partial charge in [0, 0.05) is 24.2 Å². The molecule has 0 bridgehead atoms. The maximum absolute atomic E-state index is 13.1. The second kappa shape index (κ2) is 8.87. The van der Waals surface area contributed by atoms with E-state index in [2.05, 4.69) is 10.2 Å². The fourth-order valence-electron chi connectivity index (χ4n) is 2.49. The number of rotatable bonds is 6. The van der Waals surface area contributed by atoms with Crippen LogP contribution in [0.2, 0.25) is 5.02 Å². The van der Waals surface area contributed by atoms with Crippen LogP contribution in [-0.2, 0) is 17.5 Å². The molecule has 0 atom stereocenters. The van der Waals surface area contributed by atoms with Crippen molar-refractivity contribution in [1.29, 1.82) is 0 Å².